The van der Waals surface area contributed by atoms with E-state index < -0.39 is 5.76 Å². The molecule has 0 bridgehead atoms. The Balaban J connectivity index is 0.00000442. The van der Waals surface area contributed by atoms with Crippen molar-refractivity contribution < 1.29 is 14.0 Å². The molecule has 9 nitrogen and oxygen atoms in total. The van der Waals surface area contributed by atoms with E-state index in [0.29, 0.717) is 30.0 Å². The SMILES string of the molecule is CCCc1nc(COC)c(-c2ccc(OC(C)(C)C)cc2)c(=O)n1Cc1ccc(-c2ccccc2-c2noc(=O)[nH]2)cc1.[KH]. The van der Waals surface area contributed by atoms with E-state index in [1.54, 1.807) is 11.7 Å². The first-order valence-electron chi connectivity index (χ1n) is 14.3. The Bertz CT molecular complexity index is 1820. The minimum atomic E-state index is -0.604. The predicted molar refractivity (Wildman–Crippen MR) is 173 cm³/mol. The fourth-order valence-corrected chi connectivity index (χ4v) is 5.06. The van der Waals surface area contributed by atoms with Crippen LogP contribution >= 0.6 is 0 Å². The second kappa shape index (κ2) is 14.8. The van der Waals surface area contributed by atoms with E-state index in [0.717, 1.165) is 45.8 Å². The molecule has 0 aliphatic heterocycles. The zero-order valence-corrected chi connectivity index (χ0v) is 25.1. The number of hydrogen-bond acceptors (Lipinski definition) is 7. The van der Waals surface area contributed by atoms with E-state index in [1.165, 1.54) is 0 Å². The van der Waals surface area contributed by atoms with Crippen molar-refractivity contribution in [2.75, 3.05) is 7.11 Å². The molecule has 5 aromatic rings. The van der Waals surface area contributed by atoms with E-state index in [9.17, 15) is 9.59 Å². The number of ether oxygens (including phenoxy) is 2. The molecule has 3 aromatic carbocycles. The molecule has 224 valence electrons. The van der Waals surface area contributed by atoms with Gasteiger partial charge in [0.15, 0.2) is 5.82 Å². The molecule has 0 aliphatic rings. The fourth-order valence-electron chi connectivity index (χ4n) is 5.06. The molecule has 0 unspecified atom stereocenters. The van der Waals surface area contributed by atoms with Crippen LogP contribution in [0.2, 0.25) is 0 Å². The molecule has 10 heteroatoms. The fraction of sp³-hybridized carbons (Fsp3) is 0.294. The summed E-state index contributed by atoms with van der Waals surface area (Å²) in [6.07, 6.45) is 1.50. The summed E-state index contributed by atoms with van der Waals surface area (Å²) in [6, 6.07) is 23.2. The molecule has 2 heterocycles. The standard InChI is InChI=1S/C34H36N4O5.K.H/c1-6-9-29-35-28(21-41-5)30(24-16-18-25(19-17-24)42-34(2,3)4)32(39)38(29)20-22-12-14-23(15-13-22)26-10-7-8-11-27(26)31-36-33(40)43-37-31;;/h7-8,10-19H,6,9,20-21H2,1-5H3,(H,36,37,40);;. The van der Waals surface area contributed by atoms with Crippen molar-refractivity contribution in [2.24, 2.45) is 0 Å². The van der Waals surface area contributed by atoms with Gasteiger partial charge >= 0.3 is 57.1 Å². The first-order chi connectivity index (χ1) is 20.7. The van der Waals surface area contributed by atoms with Crippen molar-refractivity contribution in [3.8, 4) is 39.4 Å². The maximum absolute atomic E-state index is 14.2. The van der Waals surface area contributed by atoms with Crippen molar-refractivity contribution >= 4 is 51.4 Å². The molecule has 0 amide bonds. The molecule has 0 spiro atoms. The molecule has 5 rings (SSSR count). The Morgan fingerprint density at radius 2 is 1.57 bits per heavy atom. The predicted octanol–water partition coefficient (Wildman–Crippen LogP) is 5.60. The van der Waals surface area contributed by atoms with Crippen molar-refractivity contribution in [3.63, 3.8) is 0 Å². The Kier molecular flexibility index (Phi) is 11.3. The van der Waals surface area contributed by atoms with E-state index in [2.05, 4.69) is 17.1 Å². The Hall–Kier alpha value is -3.12. The second-order valence-electron chi connectivity index (χ2n) is 11.3. The number of aromatic nitrogens is 4. The van der Waals surface area contributed by atoms with Gasteiger partial charge in [-0.2, -0.15) is 0 Å². The molecule has 0 saturated heterocycles. The van der Waals surface area contributed by atoms with E-state index in [-0.39, 0.29) is 69.2 Å². The summed E-state index contributed by atoms with van der Waals surface area (Å²) >= 11 is 0. The second-order valence-corrected chi connectivity index (χ2v) is 11.3. The van der Waals surface area contributed by atoms with Gasteiger partial charge in [-0.15, -0.1) is 0 Å². The molecule has 0 atom stereocenters. The first kappa shape index (κ1) is 33.8. The van der Waals surface area contributed by atoms with Crippen LogP contribution in [-0.4, -0.2) is 83.8 Å². The normalized spacial score (nSPS) is 11.3. The first-order valence-corrected chi connectivity index (χ1v) is 14.3. The average molecular weight is 621 g/mol. The number of methoxy groups -OCH3 is 1. The molecule has 0 saturated carbocycles. The third kappa shape index (κ3) is 7.93. The number of aromatic amines is 1. The summed E-state index contributed by atoms with van der Waals surface area (Å²) in [4.78, 5) is 33.3. The molecule has 2 aromatic heterocycles. The summed E-state index contributed by atoms with van der Waals surface area (Å²) in [6.45, 7) is 8.66. The van der Waals surface area contributed by atoms with Crippen LogP contribution in [0.15, 0.2) is 86.9 Å². The van der Waals surface area contributed by atoms with Crippen LogP contribution in [0.25, 0.3) is 33.6 Å². The van der Waals surface area contributed by atoms with Gasteiger partial charge in [0.1, 0.15) is 17.2 Å². The average Bonchev–Trinajstić information content (AvgIpc) is 3.42. The molecule has 0 fully saturated rings. The van der Waals surface area contributed by atoms with Crippen LogP contribution in [-0.2, 0) is 24.3 Å². The Morgan fingerprint density at radius 3 is 2.16 bits per heavy atom. The van der Waals surface area contributed by atoms with Gasteiger partial charge in [-0.3, -0.25) is 18.9 Å². The molecule has 44 heavy (non-hydrogen) atoms. The number of rotatable bonds is 10. The van der Waals surface area contributed by atoms with Gasteiger partial charge in [-0.05, 0) is 61.6 Å². The van der Waals surface area contributed by atoms with Crippen LogP contribution in [0.4, 0.5) is 0 Å². The molecular formula is C34H37KN4O5. The van der Waals surface area contributed by atoms with Gasteiger partial charge < -0.3 is 9.47 Å². The maximum atomic E-state index is 14.2. The quantitative estimate of drug-likeness (QED) is 0.202. The van der Waals surface area contributed by atoms with Crippen molar-refractivity contribution in [2.45, 2.75) is 59.3 Å². The van der Waals surface area contributed by atoms with Gasteiger partial charge in [0.05, 0.1) is 24.4 Å². The zero-order valence-electron chi connectivity index (χ0n) is 25.1. The minimum absolute atomic E-state index is 0. The summed E-state index contributed by atoms with van der Waals surface area (Å²) in [5.74, 6) is 1.22. The van der Waals surface area contributed by atoms with Crippen molar-refractivity contribution in [1.29, 1.82) is 0 Å². The van der Waals surface area contributed by atoms with Gasteiger partial charge in [-0.1, -0.05) is 72.7 Å². The van der Waals surface area contributed by atoms with Crippen LogP contribution in [0.1, 0.15) is 51.2 Å². The number of nitrogens with one attached hydrogen (secondary N) is 1. The summed E-state index contributed by atoms with van der Waals surface area (Å²) < 4.78 is 17.9. The zero-order chi connectivity index (χ0) is 30.6. The van der Waals surface area contributed by atoms with Gasteiger partial charge in [0.2, 0.25) is 0 Å². The van der Waals surface area contributed by atoms with Gasteiger partial charge in [0, 0.05) is 19.1 Å². The molecule has 0 radical (unpaired) electrons. The molecule has 1 N–H and O–H groups in total. The third-order valence-electron chi connectivity index (χ3n) is 6.87. The number of benzene rings is 3. The Labute approximate surface area is 299 Å². The number of aryl methyl sites for hydroxylation is 1. The van der Waals surface area contributed by atoms with Crippen LogP contribution in [0.3, 0.4) is 0 Å². The summed E-state index contributed by atoms with van der Waals surface area (Å²) in [5, 5.41) is 3.85. The van der Waals surface area contributed by atoms with Gasteiger partial charge in [0.25, 0.3) is 5.56 Å². The van der Waals surface area contributed by atoms with Crippen molar-refractivity contribution in [1.82, 2.24) is 19.7 Å². The van der Waals surface area contributed by atoms with Crippen LogP contribution in [0.5, 0.6) is 5.75 Å². The number of nitrogens with zero attached hydrogens (tertiary/aromatic N) is 3. The summed E-state index contributed by atoms with van der Waals surface area (Å²) in [5.41, 5.74) is 5.02. The van der Waals surface area contributed by atoms with E-state index >= 15 is 0 Å². The van der Waals surface area contributed by atoms with Crippen LogP contribution in [0, 0.1) is 0 Å². The third-order valence-corrected chi connectivity index (χ3v) is 6.87. The van der Waals surface area contributed by atoms with Crippen LogP contribution < -0.4 is 16.1 Å². The summed E-state index contributed by atoms with van der Waals surface area (Å²) in [7, 11) is 1.61. The van der Waals surface area contributed by atoms with E-state index in [4.69, 9.17) is 19.0 Å². The van der Waals surface area contributed by atoms with Crippen molar-refractivity contribution in [3.05, 3.63) is 111 Å². The molecule has 0 aliphatic carbocycles. The number of H-pyrrole nitrogens is 1. The topological polar surface area (TPSA) is 112 Å². The number of hydrogen-bond donors (Lipinski definition) is 1. The van der Waals surface area contributed by atoms with Gasteiger partial charge in [-0.25, -0.2) is 9.78 Å². The monoisotopic (exact) mass is 620 g/mol. The Morgan fingerprint density at radius 1 is 0.909 bits per heavy atom. The van der Waals surface area contributed by atoms with E-state index in [1.807, 2.05) is 93.6 Å². The molecular weight excluding hydrogens is 583 g/mol.